The summed E-state index contributed by atoms with van der Waals surface area (Å²) in [6.07, 6.45) is 4.29. The van der Waals surface area contributed by atoms with Crippen LogP contribution in [0, 0.1) is 5.92 Å². The predicted octanol–water partition coefficient (Wildman–Crippen LogP) is 1.82. The summed E-state index contributed by atoms with van der Waals surface area (Å²) in [4.78, 5) is 13.7. The van der Waals surface area contributed by atoms with Crippen LogP contribution in [0.5, 0.6) is 0 Å². The Hall–Kier alpha value is -0.790. The Bertz CT molecular complexity index is 206. The first-order valence-electron chi connectivity index (χ1n) is 4.58. The number of allylic oxidation sites excluding steroid dienone is 2. The first-order chi connectivity index (χ1) is 5.63. The van der Waals surface area contributed by atoms with Crippen LogP contribution in [-0.2, 0) is 4.79 Å². The molecule has 0 atom stereocenters. The number of likely N-dealkylation sites (N-methyl/N-ethyl adjacent to an activating group) is 1. The quantitative estimate of drug-likeness (QED) is 0.625. The first kappa shape index (κ1) is 9.30. The van der Waals surface area contributed by atoms with E-state index in [1.165, 1.54) is 6.42 Å². The topological polar surface area (TPSA) is 20.3 Å². The molecule has 0 N–H and O–H groups in total. The molecule has 0 aromatic carbocycles. The molecule has 1 rings (SSSR count). The third kappa shape index (κ3) is 1.87. The molecule has 0 bridgehead atoms. The highest BCUT2D eigenvalue weighted by Crippen LogP contribution is 2.16. The van der Waals surface area contributed by atoms with Crippen LogP contribution in [0.2, 0.25) is 0 Å². The molecule has 0 amide bonds. The normalized spacial score (nSPS) is 18.0. The van der Waals surface area contributed by atoms with Crippen LogP contribution in [0.4, 0.5) is 0 Å². The second-order valence-electron chi connectivity index (χ2n) is 3.67. The molecule has 0 saturated carbocycles. The van der Waals surface area contributed by atoms with E-state index in [1.54, 1.807) is 0 Å². The highest BCUT2D eigenvalue weighted by Gasteiger charge is 2.18. The monoisotopic (exact) mass is 167 g/mol. The lowest BCUT2D eigenvalue weighted by Crippen LogP contribution is -2.29. The number of nitrogens with zero attached hydrogens (tertiary/aromatic N) is 1. The van der Waals surface area contributed by atoms with Crippen LogP contribution in [0.3, 0.4) is 0 Å². The molecule has 1 aliphatic rings. The van der Waals surface area contributed by atoms with Crippen molar-refractivity contribution in [3.05, 3.63) is 11.8 Å². The average molecular weight is 167 g/mol. The zero-order valence-electron chi connectivity index (χ0n) is 8.13. The maximum atomic E-state index is 11.6. The smallest absolute Gasteiger partial charge is 0.181 e. The number of carbonyl (C=O) groups excluding carboxylic acids is 1. The molecule has 0 saturated heterocycles. The summed E-state index contributed by atoms with van der Waals surface area (Å²) in [5.74, 6) is 0.397. The molecule has 2 nitrogen and oxygen atoms in total. The van der Waals surface area contributed by atoms with Gasteiger partial charge in [-0.1, -0.05) is 19.9 Å². The Morgan fingerprint density at radius 1 is 1.58 bits per heavy atom. The number of Topliss-reactive ketones (excluding diaryl/α,β-unsaturated/α-hetero) is 1. The Labute approximate surface area is 74.2 Å². The summed E-state index contributed by atoms with van der Waals surface area (Å²) in [5, 5.41) is 0. The van der Waals surface area contributed by atoms with Crippen LogP contribution in [0.15, 0.2) is 11.8 Å². The minimum absolute atomic E-state index is 0.122. The highest BCUT2D eigenvalue weighted by molar-refractivity contribution is 5.96. The van der Waals surface area contributed by atoms with E-state index in [0.29, 0.717) is 0 Å². The Balaban J connectivity index is 2.72. The number of ketones is 1. The highest BCUT2D eigenvalue weighted by atomic mass is 16.1. The van der Waals surface area contributed by atoms with Crippen LogP contribution in [0.1, 0.15) is 26.7 Å². The van der Waals surface area contributed by atoms with E-state index in [1.807, 2.05) is 20.9 Å². The van der Waals surface area contributed by atoms with Gasteiger partial charge in [0.05, 0.1) is 5.70 Å². The zero-order valence-corrected chi connectivity index (χ0v) is 8.13. The van der Waals surface area contributed by atoms with E-state index in [-0.39, 0.29) is 11.7 Å². The molecular weight excluding hydrogens is 150 g/mol. The van der Waals surface area contributed by atoms with Crippen molar-refractivity contribution in [2.45, 2.75) is 26.7 Å². The van der Waals surface area contributed by atoms with Crippen LogP contribution < -0.4 is 0 Å². The first-order valence-corrected chi connectivity index (χ1v) is 4.58. The van der Waals surface area contributed by atoms with E-state index in [0.717, 1.165) is 18.7 Å². The van der Waals surface area contributed by atoms with E-state index < -0.39 is 0 Å². The molecule has 1 aliphatic heterocycles. The van der Waals surface area contributed by atoms with Crippen molar-refractivity contribution < 1.29 is 4.79 Å². The third-order valence-corrected chi connectivity index (χ3v) is 2.22. The van der Waals surface area contributed by atoms with E-state index in [4.69, 9.17) is 0 Å². The largest absolute Gasteiger partial charge is 0.372 e. The van der Waals surface area contributed by atoms with E-state index in [2.05, 4.69) is 11.0 Å². The minimum atomic E-state index is 0.122. The summed E-state index contributed by atoms with van der Waals surface area (Å²) in [6.45, 7) is 4.92. The van der Waals surface area contributed by atoms with Crippen molar-refractivity contribution in [3.63, 3.8) is 0 Å². The second kappa shape index (κ2) is 3.74. The molecule has 0 aromatic heterocycles. The van der Waals surface area contributed by atoms with Crippen LogP contribution in [0.25, 0.3) is 0 Å². The third-order valence-electron chi connectivity index (χ3n) is 2.22. The maximum absolute atomic E-state index is 11.6. The van der Waals surface area contributed by atoms with Gasteiger partial charge in [0, 0.05) is 19.5 Å². The van der Waals surface area contributed by atoms with Crippen molar-refractivity contribution in [3.8, 4) is 0 Å². The van der Waals surface area contributed by atoms with Gasteiger partial charge in [-0.15, -0.1) is 0 Å². The van der Waals surface area contributed by atoms with Crippen molar-refractivity contribution in [2.24, 2.45) is 5.92 Å². The summed E-state index contributed by atoms with van der Waals surface area (Å²) in [5.41, 5.74) is 0.913. The molecule has 0 unspecified atom stereocenters. The van der Waals surface area contributed by atoms with Crippen molar-refractivity contribution in [2.75, 3.05) is 13.6 Å². The van der Waals surface area contributed by atoms with Gasteiger partial charge in [0.2, 0.25) is 0 Å². The molecule has 0 aliphatic carbocycles. The van der Waals surface area contributed by atoms with Gasteiger partial charge >= 0.3 is 0 Å². The Morgan fingerprint density at radius 3 is 2.75 bits per heavy atom. The molecule has 0 spiro atoms. The maximum Gasteiger partial charge on any atom is 0.181 e. The number of hydrogen-bond acceptors (Lipinski definition) is 2. The van der Waals surface area contributed by atoms with Gasteiger partial charge < -0.3 is 4.90 Å². The van der Waals surface area contributed by atoms with Crippen LogP contribution >= 0.6 is 0 Å². The molecule has 2 heteroatoms. The molecule has 68 valence electrons. The average Bonchev–Trinajstić information content (AvgIpc) is 2.04. The fourth-order valence-electron chi connectivity index (χ4n) is 1.43. The molecule has 0 radical (unpaired) electrons. The van der Waals surface area contributed by atoms with Gasteiger partial charge in [-0.05, 0) is 12.8 Å². The van der Waals surface area contributed by atoms with Gasteiger partial charge in [0.25, 0.3) is 0 Å². The summed E-state index contributed by atoms with van der Waals surface area (Å²) in [6, 6.07) is 0. The van der Waals surface area contributed by atoms with Gasteiger partial charge in [-0.2, -0.15) is 0 Å². The standard InChI is InChI=1S/C10H17NO/c1-8(2)10(12)9-6-4-5-7-11(9)3/h6,8H,4-5,7H2,1-3H3. The van der Waals surface area contributed by atoms with Crippen LogP contribution in [-0.4, -0.2) is 24.3 Å². The SMILES string of the molecule is CC(C)C(=O)C1=CCCCN1C. The summed E-state index contributed by atoms with van der Waals surface area (Å²) >= 11 is 0. The second-order valence-corrected chi connectivity index (χ2v) is 3.67. The van der Waals surface area contributed by atoms with E-state index >= 15 is 0 Å². The van der Waals surface area contributed by atoms with E-state index in [9.17, 15) is 4.79 Å². The summed E-state index contributed by atoms with van der Waals surface area (Å²) < 4.78 is 0. The molecule has 0 aromatic rings. The Kier molecular flexibility index (Phi) is 2.90. The number of carbonyl (C=O) groups is 1. The number of hydrogen-bond donors (Lipinski definition) is 0. The van der Waals surface area contributed by atoms with Gasteiger partial charge in [-0.3, -0.25) is 4.79 Å². The predicted molar refractivity (Wildman–Crippen MR) is 49.8 cm³/mol. The fourth-order valence-corrected chi connectivity index (χ4v) is 1.43. The lowest BCUT2D eigenvalue weighted by Gasteiger charge is -2.26. The zero-order chi connectivity index (χ0) is 9.14. The molecule has 12 heavy (non-hydrogen) atoms. The van der Waals surface area contributed by atoms with Crippen molar-refractivity contribution >= 4 is 5.78 Å². The molecule has 0 fully saturated rings. The summed E-state index contributed by atoms with van der Waals surface area (Å²) in [7, 11) is 1.99. The number of rotatable bonds is 2. The Morgan fingerprint density at radius 2 is 2.25 bits per heavy atom. The fraction of sp³-hybridized carbons (Fsp3) is 0.700. The minimum Gasteiger partial charge on any atom is -0.372 e. The lowest BCUT2D eigenvalue weighted by atomic mass is 10.0. The van der Waals surface area contributed by atoms with Gasteiger partial charge in [-0.25, -0.2) is 0 Å². The molecular formula is C10H17NO. The molecule has 1 heterocycles. The van der Waals surface area contributed by atoms with Gasteiger partial charge in [0.1, 0.15) is 0 Å². The van der Waals surface area contributed by atoms with Gasteiger partial charge in [0.15, 0.2) is 5.78 Å². The van der Waals surface area contributed by atoms with Crippen molar-refractivity contribution in [1.29, 1.82) is 0 Å². The van der Waals surface area contributed by atoms with Crippen molar-refractivity contribution in [1.82, 2.24) is 4.90 Å². The lowest BCUT2D eigenvalue weighted by molar-refractivity contribution is -0.119.